The van der Waals surface area contributed by atoms with Crippen molar-refractivity contribution in [2.75, 3.05) is 11.5 Å². The highest BCUT2D eigenvalue weighted by atomic mass is 16.1. The van der Waals surface area contributed by atoms with E-state index < -0.39 is 0 Å². The van der Waals surface area contributed by atoms with Gasteiger partial charge in [0.05, 0.1) is 17.1 Å². The van der Waals surface area contributed by atoms with E-state index >= 15 is 0 Å². The maximum Gasteiger partial charge on any atom is 0.179 e. The SMILES string of the molecule is CC1=CC(=O)C=C(C)C1=Nc1ccc(N)cc1N. The van der Waals surface area contributed by atoms with Gasteiger partial charge >= 0.3 is 0 Å². The molecule has 4 heteroatoms. The fourth-order valence-corrected chi connectivity index (χ4v) is 1.89. The van der Waals surface area contributed by atoms with Crippen LogP contribution in [0.2, 0.25) is 0 Å². The van der Waals surface area contributed by atoms with Gasteiger partial charge in [-0.3, -0.25) is 4.79 Å². The third-order valence-electron chi connectivity index (χ3n) is 2.75. The molecule has 92 valence electrons. The Labute approximate surface area is 106 Å². The third-order valence-corrected chi connectivity index (χ3v) is 2.75. The Kier molecular flexibility index (Phi) is 3.02. The van der Waals surface area contributed by atoms with Crippen LogP contribution in [0.15, 0.2) is 46.5 Å². The lowest BCUT2D eigenvalue weighted by atomic mass is 9.97. The average molecular weight is 241 g/mol. The molecule has 1 aliphatic carbocycles. The molecule has 4 nitrogen and oxygen atoms in total. The Morgan fingerprint density at radius 3 is 2.22 bits per heavy atom. The van der Waals surface area contributed by atoms with Crippen molar-refractivity contribution < 1.29 is 4.79 Å². The van der Waals surface area contributed by atoms with Crippen LogP contribution in [0.1, 0.15) is 13.8 Å². The number of benzene rings is 1. The zero-order chi connectivity index (χ0) is 13.3. The average Bonchev–Trinajstić information content (AvgIpc) is 2.25. The summed E-state index contributed by atoms with van der Waals surface area (Å²) in [6.07, 6.45) is 3.14. The molecule has 4 N–H and O–H groups in total. The molecule has 0 aliphatic heterocycles. The highest BCUT2D eigenvalue weighted by molar-refractivity contribution is 6.22. The first-order valence-corrected chi connectivity index (χ1v) is 5.62. The van der Waals surface area contributed by atoms with Gasteiger partial charge in [0.25, 0.3) is 0 Å². The Morgan fingerprint density at radius 2 is 1.67 bits per heavy atom. The molecular weight excluding hydrogens is 226 g/mol. The highest BCUT2D eigenvalue weighted by Crippen LogP contribution is 2.27. The highest BCUT2D eigenvalue weighted by Gasteiger charge is 2.13. The summed E-state index contributed by atoms with van der Waals surface area (Å²) < 4.78 is 0. The molecule has 0 radical (unpaired) electrons. The van der Waals surface area contributed by atoms with Crippen molar-refractivity contribution in [3.8, 4) is 0 Å². The predicted octanol–water partition coefficient (Wildman–Crippen LogP) is 2.40. The maximum atomic E-state index is 11.3. The van der Waals surface area contributed by atoms with Crippen molar-refractivity contribution in [2.24, 2.45) is 4.99 Å². The molecule has 18 heavy (non-hydrogen) atoms. The Hall–Kier alpha value is -2.36. The van der Waals surface area contributed by atoms with Crippen molar-refractivity contribution in [2.45, 2.75) is 13.8 Å². The second kappa shape index (κ2) is 4.49. The number of ketones is 1. The smallest absolute Gasteiger partial charge is 0.179 e. The van der Waals surface area contributed by atoms with Crippen LogP contribution in [0.3, 0.4) is 0 Å². The summed E-state index contributed by atoms with van der Waals surface area (Å²) in [6.45, 7) is 3.72. The van der Waals surface area contributed by atoms with E-state index in [0.717, 1.165) is 16.9 Å². The van der Waals surface area contributed by atoms with Crippen LogP contribution in [0.5, 0.6) is 0 Å². The van der Waals surface area contributed by atoms with E-state index in [1.165, 1.54) is 0 Å². The minimum Gasteiger partial charge on any atom is -0.399 e. The van der Waals surface area contributed by atoms with Crippen LogP contribution in [0, 0.1) is 0 Å². The summed E-state index contributed by atoms with van der Waals surface area (Å²) in [4.78, 5) is 15.8. The molecule has 0 unspecified atom stereocenters. The topological polar surface area (TPSA) is 81.5 Å². The molecule has 1 aliphatic rings. The van der Waals surface area contributed by atoms with E-state index in [4.69, 9.17) is 11.5 Å². The van der Waals surface area contributed by atoms with Gasteiger partial charge in [0, 0.05) is 5.69 Å². The third kappa shape index (κ3) is 2.32. The summed E-state index contributed by atoms with van der Waals surface area (Å²) in [7, 11) is 0. The van der Waals surface area contributed by atoms with Crippen molar-refractivity contribution in [3.05, 3.63) is 41.5 Å². The number of nitrogen functional groups attached to an aromatic ring is 2. The van der Waals surface area contributed by atoms with Crippen LogP contribution < -0.4 is 11.5 Å². The zero-order valence-electron chi connectivity index (χ0n) is 10.4. The number of carbonyl (C=O) groups excluding carboxylic acids is 1. The van der Waals surface area contributed by atoms with Gasteiger partial charge in [-0.1, -0.05) is 0 Å². The van der Waals surface area contributed by atoms with E-state index in [0.29, 0.717) is 17.1 Å². The van der Waals surface area contributed by atoms with E-state index in [1.54, 1.807) is 30.4 Å². The molecule has 0 heterocycles. The number of nitrogens with two attached hydrogens (primary N) is 2. The number of nitrogens with zero attached hydrogens (tertiary/aromatic N) is 1. The fourth-order valence-electron chi connectivity index (χ4n) is 1.89. The fraction of sp³-hybridized carbons (Fsp3) is 0.143. The Morgan fingerprint density at radius 1 is 1.06 bits per heavy atom. The van der Waals surface area contributed by atoms with Gasteiger partial charge in [-0.2, -0.15) is 0 Å². The quantitative estimate of drug-likeness (QED) is 0.585. The molecule has 1 aromatic rings. The van der Waals surface area contributed by atoms with Gasteiger partial charge in [-0.25, -0.2) is 4.99 Å². The molecule has 0 amide bonds. The van der Waals surface area contributed by atoms with Crippen LogP contribution in [-0.2, 0) is 4.79 Å². The summed E-state index contributed by atoms with van der Waals surface area (Å²) in [5.41, 5.74) is 15.8. The number of carbonyl (C=O) groups is 1. The Balaban J connectivity index is 2.48. The molecule has 1 aromatic carbocycles. The van der Waals surface area contributed by atoms with E-state index in [1.807, 2.05) is 13.8 Å². The zero-order valence-corrected chi connectivity index (χ0v) is 10.4. The standard InChI is InChI=1S/C14H15N3O/c1-8-5-11(18)6-9(2)14(8)17-13-4-3-10(15)7-12(13)16/h3-7H,15-16H2,1-2H3. The molecule has 0 fully saturated rings. The van der Waals surface area contributed by atoms with Gasteiger partial charge in [-0.15, -0.1) is 0 Å². The summed E-state index contributed by atoms with van der Waals surface area (Å²) in [5, 5.41) is 0. The van der Waals surface area contributed by atoms with Gasteiger partial charge < -0.3 is 11.5 Å². The first-order valence-electron chi connectivity index (χ1n) is 5.62. The first kappa shape index (κ1) is 12.1. The molecule has 0 saturated heterocycles. The maximum absolute atomic E-state index is 11.3. The predicted molar refractivity (Wildman–Crippen MR) is 74.9 cm³/mol. The number of anilines is 2. The van der Waals surface area contributed by atoms with E-state index in [9.17, 15) is 4.79 Å². The van der Waals surface area contributed by atoms with Gasteiger partial charge in [0.2, 0.25) is 0 Å². The molecule has 0 bridgehead atoms. The second-order valence-corrected chi connectivity index (χ2v) is 4.34. The number of allylic oxidation sites excluding steroid dienone is 4. The summed E-state index contributed by atoms with van der Waals surface area (Å²) in [5.74, 6) is -0.00534. The number of rotatable bonds is 1. The molecular formula is C14H15N3O. The molecule has 0 atom stereocenters. The molecule has 2 rings (SSSR count). The van der Waals surface area contributed by atoms with Crippen molar-refractivity contribution in [1.82, 2.24) is 0 Å². The number of aliphatic imine (C=N–C) groups is 1. The minimum absolute atomic E-state index is 0.00534. The van der Waals surface area contributed by atoms with E-state index in [2.05, 4.69) is 4.99 Å². The minimum atomic E-state index is -0.00534. The normalized spacial score (nSPS) is 15.2. The van der Waals surface area contributed by atoms with E-state index in [-0.39, 0.29) is 5.78 Å². The van der Waals surface area contributed by atoms with Gasteiger partial charge in [-0.05, 0) is 55.3 Å². The number of hydrogen-bond acceptors (Lipinski definition) is 4. The van der Waals surface area contributed by atoms with Crippen LogP contribution in [0.4, 0.5) is 17.1 Å². The lowest BCUT2D eigenvalue weighted by Crippen LogP contribution is -2.10. The Bertz CT molecular complexity index is 585. The second-order valence-electron chi connectivity index (χ2n) is 4.34. The first-order chi connectivity index (χ1) is 8.47. The van der Waals surface area contributed by atoms with Gasteiger partial charge in [0.1, 0.15) is 0 Å². The van der Waals surface area contributed by atoms with Gasteiger partial charge in [0.15, 0.2) is 5.78 Å². The summed E-state index contributed by atoms with van der Waals surface area (Å²) >= 11 is 0. The lowest BCUT2D eigenvalue weighted by molar-refractivity contribution is -0.110. The molecule has 0 spiro atoms. The van der Waals surface area contributed by atoms with Crippen molar-refractivity contribution in [1.29, 1.82) is 0 Å². The van der Waals surface area contributed by atoms with Crippen LogP contribution in [0.25, 0.3) is 0 Å². The summed E-state index contributed by atoms with van der Waals surface area (Å²) in [6, 6.07) is 5.20. The van der Waals surface area contributed by atoms with Crippen LogP contribution >= 0.6 is 0 Å². The van der Waals surface area contributed by atoms with Crippen molar-refractivity contribution >= 4 is 28.6 Å². The van der Waals surface area contributed by atoms with Crippen molar-refractivity contribution in [3.63, 3.8) is 0 Å². The number of hydrogen-bond donors (Lipinski definition) is 2. The largest absolute Gasteiger partial charge is 0.399 e. The molecule has 0 saturated carbocycles. The van der Waals surface area contributed by atoms with Crippen LogP contribution in [-0.4, -0.2) is 11.5 Å². The monoisotopic (exact) mass is 241 g/mol. The molecule has 0 aromatic heterocycles. The lowest BCUT2D eigenvalue weighted by Gasteiger charge is -2.12.